The van der Waals surface area contributed by atoms with Crippen molar-refractivity contribution in [2.75, 3.05) is 16.8 Å². The van der Waals surface area contributed by atoms with Gasteiger partial charge in [0.1, 0.15) is 11.7 Å². The molecule has 13 heteroatoms. The van der Waals surface area contributed by atoms with Crippen molar-refractivity contribution in [2.24, 2.45) is 0 Å². The van der Waals surface area contributed by atoms with Crippen LogP contribution in [0.2, 0.25) is 0 Å². The first-order chi connectivity index (χ1) is 12.8. The molecule has 142 valence electrons. The predicted octanol–water partition coefficient (Wildman–Crippen LogP) is 2.72. The fourth-order valence-corrected chi connectivity index (χ4v) is 4.18. The second-order valence-electron chi connectivity index (χ2n) is 5.11. The number of fused-ring (bicyclic) bond motifs is 1. The van der Waals surface area contributed by atoms with E-state index in [1.165, 1.54) is 18.2 Å². The molecule has 0 aliphatic heterocycles. The zero-order chi connectivity index (χ0) is 19.6. The molecule has 1 aromatic carbocycles. The maximum absolute atomic E-state index is 11.9. The first kappa shape index (κ1) is 19.3. The summed E-state index contributed by atoms with van der Waals surface area (Å²) < 4.78 is 29.3. The molecule has 0 saturated heterocycles. The summed E-state index contributed by atoms with van der Waals surface area (Å²) in [6.45, 7) is 1.55. The number of carbonyl (C=O) groups excluding carboxylic acids is 1. The number of nitro groups is 1. The van der Waals surface area contributed by atoms with E-state index in [-0.39, 0.29) is 31.8 Å². The number of aromatic nitrogens is 2. The number of rotatable bonds is 7. The minimum absolute atomic E-state index is 0.0208. The topological polar surface area (TPSA) is 145 Å². The van der Waals surface area contributed by atoms with Crippen molar-refractivity contribution < 1.29 is 22.6 Å². The van der Waals surface area contributed by atoms with Crippen LogP contribution in [0.15, 0.2) is 38.9 Å². The van der Waals surface area contributed by atoms with Crippen LogP contribution in [0.3, 0.4) is 0 Å². The SMILES string of the molecule is CCS(=O)(=O)c1ccc2oc(SCC(=O)Nc3ncc([N+](=O)[O-])s3)nc2c1. The van der Waals surface area contributed by atoms with Crippen LogP contribution in [0.1, 0.15) is 6.92 Å². The minimum atomic E-state index is -3.35. The Balaban J connectivity index is 1.65. The molecule has 27 heavy (non-hydrogen) atoms. The molecular weight excluding hydrogens is 416 g/mol. The number of oxazole rings is 1. The fourth-order valence-electron chi connectivity index (χ4n) is 2.00. The van der Waals surface area contributed by atoms with E-state index in [4.69, 9.17) is 4.42 Å². The number of hydrogen-bond donors (Lipinski definition) is 1. The molecule has 0 aliphatic carbocycles. The van der Waals surface area contributed by atoms with Gasteiger partial charge < -0.3 is 9.73 Å². The molecule has 3 aromatic rings. The van der Waals surface area contributed by atoms with Crippen molar-refractivity contribution in [2.45, 2.75) is 17.0 Å². The van der Waals surface area contributed by atoms with Gasteiger partial charge in [-0.25, -0.2) is 18.4 Å². The molecule has 0 fully saturated rings. The van der Waals surface area contributed by atoms with E-state index in [1.807, 2.05) is 0 Å². The Morgan fingerprint density at radius 2 is 2.22 bits per heavy atom. The van der Waals surface area contributed by atoms with Crippen LogP contribution < -0.4 is 5.32 Å². The van der Waals surface area contributed by atoms with Crippen molar-refractivity contribution >= 4 is 60.1 Å². The monoisotopic (exact) mass is 428 g/mol. The van der Waals surface area contributed by atoms with E-state index in [0.717, 1.165) is 29.3 Å². The second-order valence-corrected chi connectivity index (χ2v) is 9.32. The Bertz CT molecular complexity index is 1120. The molecule has 0 spiro atoms. The van der Waals surface area contributed by atoms with Crippen LogP contribution in [0.5, 0.6) is 0 Å². The molecule has 1 N–H and O–H groups in total. The number of thioether (sulfide) groups is 1. The van der Waals surface area contributed by atoms with Crippen molar-refractivity contribution in [3.05, 3.63) is 34.5 Å². The minimum Gasteiger partial charge on any atom is -0.431 e. The number of nitrogens with one attached hydrogen (secondary N) is 1. The summed E-state index contributed by atoms with van der Waals surface area (Å²) in [5.41, 5.74) is 0.784. The highest BCUT2D eigenvalue weighted by Gasteiger charge is 2.17. The maximum atomic E-state index is 11.9. The average molecular weight is 428 g/mol. The molecule has 2 heterocycles. The van der Waals surface area contributed by atoms with Gasteiger partial charge in [0.05, 0.1) is 21.3 Å². The first-order valence-corrected chi connectivity index (χ1v) is 10.9. The lowest BCUT2D eigenvalue weighted by Gasteiger charge is -1.99. The van der Waals surface area contributed by atoms with E-state index < -0.39 is 20.7 Å². The van der Waals surface area contributed by atoms with Gasteiger partial charge in [0.25, 0.3) is 5.22 Å². The summed E-state index contributed by atoms with van der Waals surface area (Å²) in [7, 11) is -3.35. The number of benzene rings is 1. The summed E-state index contributed by atoms with van der Waals surface area (Å²) in [6, 6.07) is 4.39. The Labute approximate surface area is 161 Å². The van der Waals surface area contributed by atoms with Crippen LogP contribution in [0, 0.1) is 10.1 Å². The van der Waals surface area contributed by atoms with Gasteiger partial charge in [-0.1, -0.05) is 18.7 Å². The highest BCUT2D eigenvalue weighted by molar-refractivity contribution is 7.99. The lowest BCUT2D eigenvalue weighted by Crippen LogP contribution is -2.13. The van der Waals surface area contributed by atoms with Gasteiger partial charge in [-0.15, -0.1) is 0 Å². The molecule has 0 aliphatic rings. The molecular formula is C14H12N4O6S3. The third-order valence-corrected chi connectivity index (χ3v) is 6.75. The fraction of sp³-hybridized carbons (Fsp3) is 0.214. The summed E-state index contributed by atoms with van der Waals surface area (Å²) in [5.74, 6) is -0.506. The van der Waals surface area contributed by atoms with Gasteiger partial charge in [0.2, 0.25) is 5.91 Å². The Morgan fingerprint density at radius 3 is 2.89 bits per heavy atom. The van der Waals surface area contributed by atoms with Gasteiger partial charge in [0.15, 0.2) is 20.6 Å². The number of amides is 1. The molecule has 0 unspecified atom stereocenters. The van der Waals surface area contributed by atoms with E-state index in [9.17, 15) is 23.3 Å². The van der Waals surface area contributed by atoms with Crippen LogP contribution in [0.4, 0.5) is 10.1 Å². The van der Waals surface area contributed by atoms with E-state index in [2.05, 4.69) is 15.3 Å². The molecule has 0 bridgehead atoms. The van der Waals surface area contributed by atoms with Gasteiger partial charge in [-0.3, -0.25) is 14.9 Å². The third-order valence-electron chi connectivity index (χ3n) is 3.33. The second kappa shape index (κ2) is 7.62. The molecule has 3 rings (SSSR count). The third kappa shape index (κ3) is 4.43. The van der Waals surface area contributed by atoms with Gasteiger partial charge in [0, 0.05) is 0 Å². The summed E-state index contributed by atoms with van der Waals surface area (Å²) in [6.07, 6.45) is 1.07. The molecule has 1 amide bonds. The molecule has 0 radical (unpaired) electrons. The van der Waals surface area contributed by atoms with E-state index in [0.29, 0.717) is 11.1 Å². The number of nitrogens with zero attached hydrogens (tertiary/aromatic N) is 3. The predicted molar refractivity (Wildman–Crippen MR) is 99.9 cm³/mol. The lowest BCUT2D eigenvalue weighted by molar-refractivity contribution is -0.380. The van der Waals surface area contributed by atoms with E-state index in [1.54, 1.807) is 6.92 Å². The average Bonchev–Trinajstić information content (AvgIpc) is 3.25. The zero-order valence-corrected chi connectivity index (χ0v) is 16.2. The van der Waals surface area contributed by atoms with Crippen molar-refractivity contribution in [1.29, 1.82) is 0 Å². The summed E-state index contributed by atoms with van der Waals surface area (Å²) >= 11 is 1.76. The highest BCUT2D eigenvalue weighted by Crippen LogP contribution is 2.27. The van der Waals surface area contributed by atoms with Gasteiger partial charge in [-0.2, -0.15) is 0 Å². The van der Waals surface area contributed by atoms with Crippen LogP contribution >= 0.6 is 23.1 Å². The van der Waals surface area contributed by atoms with Gasteiger partial charge in [-0.05, 0) is 29.5 Å². The first-order valence-electron chi connectivity index (χ1n) is 7.44. The van der Waals surface area contributed by atoms with Crippen LogP contribution in [-0.2, 0) is 14.6 Å². The number of hydrogen-bond acceptors (Lipinski definition) is 10. The van der Waals surface area contributed by atoms with Gasteiger partial charge >= 0.3 is 5.00 Å². The smallest absolute Gasteiger partial charge is 0.345 e. The number of sulfone groups is 1. The molecule has 0 saturated carbocycles. The Kier molecular flexibility index (Phi) is 5.43. The molecule has 10 nitrogen and oxygen atoms in total. The molecule has 0 atom stereocenters. The maximum Gasteiger partial charge on any atom is 0.345 e. The van der Waals surface area contributed by atoms with Crippen molar-refractivity contribution in [3.63, 3.8) is 0 Å². The highest BCUT2D eigenvalue weighted by atomic mass is 32.2. The van der Waals surface area contributed by atoms with Crippen molar-refractivity contribution in [1.82, 2.24) is 9.97 Å². The largest absolute Gasteiger partial charge is 0.431 e. The Morgan fingerprint density at radius 1 is 1.44 bits per heavy atom. The zero-order valence-electron chi connectivity index (χ0n) is 13.7. The quantitative estimate of drug-likeness (QED) is 0.341. The number of anilines is 1. The van der Waals surface area contributed by atoms with Crippen molar-refractivity contribution in [3.8, 4) is 0 Å². The summed E-state index contributed by atoms with van der Waals surface area (Å²) in [5, 5.41) is 13.2. The van der Waals surface area contributed by atoms with Crippen LogP contribution in [-0.4, -0.2) is 40.7 Å². The normalized spacial score (nSPS) is 11.6. The molecule has 2 aromatic heterocycles. The summed E-state index contributed by atoms with van der Waals surface area (Å²) in [4.78, 5) is 30.0. The Hall–Kier alpha value is -2.51. The number of thiazole rings is 1. The van der Waals surface area contributed by atoms with E-state index >= 15 is 0 Å². The van der Waals surface area contributed by atoms with Crippen LogP contribution in [0.25, 0.3) is 11.1 Å². The standard InChI is InChI=1S/C14H12N4O6S3/c1-2-27(22,23)8-3-4-10-9(5-8)16-14(24-10)25-7-11(19)17-13-15-6-12(26-13)18(20)21/h3-6H,2,7H2,1H3,(H,15,17,19). The lowest BCUT2D eigenvalue weighted by atomic mass is 10.3. The number of carbonyl (C=O) groups is 1.